The van der Waals surface area contributed by atoms with Crippen molar-refractivity contribution in [3.8, 4) is 0 Å². The summed E-state index contributed by atoms with van der Waals surface area (Å²) >= 11 is 0. The van der Waals surface area contributed by atoms with Gasteiger partial charge in [-0.1, -0.05) is 20.8 Å². The van der Waals surface area contributed by atoms with Crippen molar-refractivity contribution in [3.05, 3.63) is 24.2 Å². The molecule has 3 N–H and O–H groups in total. The largest absolute Gasteiger partial charge is 0.472 e. The molecule has 0 amide bonds. The fourth-order valence-corrected chi connectivity index (χ4v) is 11.0. The Bertz CT molecular complexity index is 1310. The van der Waals surface area contributed by atoms with Gasteiger partial charge >= 0.3 is 11.9 Å². The molecule has 2 bridgehead atoms. The zero-order valence-electron chi connectivity index (χ0n) is 23.9. The van der Waals surface area contributed by atoms with Gasteiger partial charge in [-0.15, -0.1) is 0 Å². The number of ether oxygens (including phenoxy) is 4. The van der Waals surface area contributed by atoms with Crippen molar-refractivity contribution >= 4 is 17.7 Å². The Labute approximate surface area is 237 Å². The molecular weight excluding hydrogens is 536 g/mol. The normalized spacial score (nSPS) is 54.7. The van der Waals surface area contributed by atoms with Gasteiger partial charge in [0.25, 0.3) is 0 Å². The van der Waals surface area contributed by atoms with E-state index in [-0.39, 0.29) is 31.5 Å². The quantitative estimate of drug-likeness (QED) is 0.354. The first-order valence-corrected chi connectivity index (χ1v) is 14.5. The molecule has 4 aliphatic carbocycles. The van der Waals surface area contributed by atoms with Gasteiger partial charge in [0.15, 0.2) is 18.2 Å². The molecule has 1 aromatic rings. The summed E-state index contributed by atoms with van der Waals surface area (Å²) in [7, 11) is 0. The first-order valence-electron chi connectivity index (χ1n) is 14.5. The topological polar surface area (TPSA) is 165 Å². The minimum atomic E-state index is -1.36. The highest BCUT2D eigenvalue weighted by Crippen LogP contribution is 2.82. The first kappa shape index (κ1) is 27.5. The second-order valence-electron chi connectivity index (χ2n) is 13.9. The Morgan fingerprint density at radius 2 is 1.68 bits per heavy atom. The number of carbonyl (C=O) groups is 3. The molecule has 0 radical (unpaired) electrons. The maximum absolute atomic E-state index is 15.0. The molecule has 0 aromatic carbocycles. The monoisotopic (exact) mass is 574 g/mol. The Balaban J connectivity index is 1.44. The highest BCUT2D eigenvalue weighted by Gasteiger charge is 2.92. The van der Waals surface area contributed by atoms with Crippen LogP contribution in [0.5, 0.6) is 0 Å². The highest BCUT2D eigenvalue weighted by molar-refractivity contribution is 5.93. The van der Waals surface area contributed by atoms with Crippen molar-refractivity contribution in [1.82, 2.24) is 0 Å². The Morgan fingerprint density at radius 1 is 0.976 bits per heavy atom. The summed E-state index contributed by atoms with van der Waals surface area (Å²) in [4.78, 5) is 39.7. The van der Waals surface area contributed by atoms with Gasteiger partial charge in [0, 0.05) is 42.9 Å². The number of hydrogen-bond donors (Lipinski definition) is 3. The van der Waals surface area contributed by atoms with Crippen LogP contribution in [0.25, 0.3) is 0 Å². The minimum absolute atomic E-state index is 0.0205. The summed E-state index contributed by atoms with van der Waals surface area (Å²) in [5.74, 6) is -3.56. The van der Waals surface area contributed by atoms with Crippen LogP contribution in [0.2, 0.25) is 0 Å². The second-order valence-corrected chi connectivity index (χ2v) is 13.9. The predicted octanol–water partition coefficient (Wildman–Crippen LogP) is 1.47. The summed E-state index contributed by atoms with van der Waals surface area (Å²) in [6.07, 6.45) is -2.27. The number of fused-ring (bicyclic) bond motifs is 1. The van der Waals surface area contributed by atoms with E-state index in [2.05, 4.69) is 0 Å². The van der Waals surface area contributed by atoms with Crippen LogP contribution in [0.1, 0.15) is 65.4 Å². The van der Waals surface area contributed by atoms with E-state index in [0.29, 0.717) is 6.42 Å². The van der Waals surface area contributed by atoms with Crippen LogP contribution in [0.4, 0.5) is 0 Å². The van der Waals surface area contributed by atoms with Gasteiger partial charge in [-0.2, -0.15) is 0 Å². The number of esters is 2. The lowest BCUT2D eigenvalue weighted by molar-refractivity contribution is -0.373. The van der Waals surface area contributed by atoms with Gasteiger partial charge < -0.3 is 38.7 Å². The molecule has 2 aliphatic heterocycles. The number of ketones is 1. The fraction of sp³-hybridized carbons (Fsp3) is 0.767. The standard InChI is InChI=1S/C30H38O11/c1-13(31)39-20-10-19(34)29-12-38-25(36)26(20,3)17(29)9-18(33)28(5)23(29)22(35)24(40-14(2)32)27(4)16(15-6-7-37-11-15)8-21-30(27,28)41-21/h6-7,11,16-21,23-25,33-34,36H,8-10,12H2,1-5H3/t16-,17-,18+,19-,20+,21+,23-,24-,25+,26+,27+,28+,29+,30+/m1/s1. The summed E-state index contributed by atoms with van der Waals surface area (Å²) in [5.41, 5.74) is -4.93. The third-order valence-corrected chi connectivity index (χ3v) is 12.6. The number of rotatable bonds is 3. The third-order valence-electron chi connectivity index (χ3n) is 12.6. The van der Waals surface area contributed by atoms with E-state index >= 15 is 4.79 Å². The first-order chi connectivity index (χ1) is 19.2. The zero-order valence-corrected chi connectivity index (χ0v) is 23.9. The molecule has 2 saturated heterocycles. The van der Waals surface area contributed by atoms with Crippen LogP contribution in [-0.2, 0) is 33.3 Å². The van der Waals surface area contributed by atoms with Crippen LogP contribution in [0.15, 0.2) is 23.0 Å². The van der Waals surface area contributed by atoms with Crippen LogP contribution < -0.4 is 0 Å². The zero-order chi connectivity index (χ0) is 29.5. The number of hydrogen-bond acceptors (Lipinski definition) is 11. The molecule has 11 nitrogen and oxygen atoms in total. The van der Waals surface area contributed by atoms with E-state index in [0.717, 1.165) is 5.56 Å². The van der Waals surface area contributed by atoms with Gasteiger partial charge in [-0.05, 0) is 30.4 Å². The SMILES string of the molecule is CC(=O)O[C@H]1C[C@@H](O)[C@]23CO[C@H](O)[C@@]1(C)[C@H]2C[C@H](O)[C@@]1(C)[C@H]3C(=O)[C@@H](OC(C)=O)[C@]2(C)[C@@H](c3ccoc3)C[C@@H]3O[C@]312. The molecular formula is C30H38O11. The molecule has 4 saturated carbocycles. The average molecular weight is 575 g/mol. The van der Waals surface area contributed by atoms with E-state index in [1.54, 1.807) is 19.5 Å². The van der Waals surface area contributed by atoms with Crippen molar-refractivity contribution in [1.29, 1.82) is 0 Å². The molecule has 7 rings (SSSR count). The number of Topliss-reactive ketones (excluding diaryl/α,β-unsaturated/α-hetero) is 1. The lowest BCUT2D eigenvalue weighted by Crippen LogP contribution is -2.82. The van der Waals surface area contributed by atoms with Gasteiger partial charge in [0.05, 0.1) is 48.3 Å². The Morgan fingerprint density at radius 3 is 2.32 bits per heavy atom. The lowest BCUT2D eigenvalue weighted by atomic mass is 9.33. The van der Waals surface area contributed by atoms with Gasteiger partial charge in [-0.3, -0.25) is 14.4 Å². The molecule has 11 heteroatoms. The highest BCUT2D eigenvalue weighted by atomic mass is 16.6. The Hall–Kier alpha value is -2.31. The number of aliphatic hydroxyl groups excluding tert-OH is 3. The number of aliphatic hydroxyl groups is 3. The van der Waals surface area contributed by atoms with E-state index in [4.69, 9.17) is 23.4 Å². The van der Waals surface area contributed by atoms with Crippen LogP contribution in [0.3, 0.4) is 0 Å². The summed E-state index contributed by atoms with van der Waals surface area (Å²) in [5, 5.41) is 35.4. The van der Waals surface area contributed by atoms with Crippen molar-refractivity contribution < 1.29 is 53.1 Å². The molecule has 1 aromatic heterocycles. The average Bonchev–Trinajstić information content (AvgIpc) is 3.26. The van der Waals surface area contributed by atoms with Crippen molar-refractivity contribution in [2.45, 2.75) is 102 Å². The molecule has 0 unspecified atom stereocenters. The van der Waals surface area contributed by atoms with Gasteiger partial charge in [0.2, 0.25) is 0 Å². The number of carbonyl (C=O) groups excluding carboxylic acids is 3. The summed E-state index contributed by atoms with van der Waals surface area (Å²) in [6.45, 7) is 7.85. The smallest absolute Gasteiger partial charge is 0.303 e. The summed E-state index contributed by atoms with van der Waals surface area (Å²) in [6, 6.07) is 1.84. The summed E-state index contributed by atoms with van der Waals surface area (Å²) < 4.78 is 29.5. The third kappa shape index (κ3) is 2.85. The molecule has 224 valence electrons. The van der Waals surface area contributed by atoms with Gasteiger partial charge in [-0.25, -0.2) is 0 Å². The lowest BCUT2D eigenvalue weighted by Gasteiger charge is -2.73. The van der Waals surface area contributed by atoms with Crippen molar-refractivity contribution in [3.63, 3.8) is 0 Å². The van der Waals surface area contributed by atoms with Crippen molar-refractivity contribution in [2.75, 3.05) is 6.61 Å². The molecule has 41 heavy (non-hydrogen) atoms. The second kappa shape index (κ2) is 8.19. The van der Waals surface area contributed by atoms with Crippen LogP contribution in [0, 0.1) is 33.5 Å². The molecule has 3 heterocycles. The molecule has 6 fully saturated rings. The number of epoxide rings is 1. The maximum atomic E-state index is 15.0. The van der Waals surface area contributed by atoms with Crippen LogP contribution >= 0.6 is 0 Å². The number of furan rings is 1. The van der Waals surface area contributed by atoms with E-state index in [1.807, 2.05) is 19.9 Å². The predicted molar refractivity (Wildman–Crippen MR) is 137 cm³/mol. The molecule has 1 spiro atoms. The Kier molecular flexibility index (Phi) is 5.50. The molecule has 6 aliphatic rings. The van der Waals surface area contributed by atoms with E-state index in [9.17, 15) is 24.9 Å². The molecule has 14 atom stereocenters. The van der Waals surface area contributed by atoms with Crippen molar-refractivity contribution in [2.24, 2.45) is 33.5 Å². The van der Waals surface area contributed by atoms with E-state index < -0.39 is 87.5 Å². The van der Waals surface area contributed by atoms with Gasteiger partial charge in [0.1, 0.15) is 11.7 Å². The fourth-order valence-electron chi connectivity index (χ4n) is 11.0. The maximum Gasteiger partial charge on any atom is 0.303 e. The van der Waals surface area contributed by atoms with E-state index in [1.165, 1.54) is 13.8 Å². The van der Waals surface area contributed by atoms with Crippen LogP contribution in [-0.4, -0.2) is 82.1 Å². The minimum Gasteiger partial charge on any atom is -0.472 e.